The number of para-hydroxylation sites is 1. The lowest BCUT2D eigenvalue weighted by molar-refractivity contribution is 0.0475. The molecule has 1 amide bonds. The first-order chi connectivity index (χ1) is 15.8. The number of anilines is 1. The van der Waals surface area contributed by atoms with Crippen LogP contribution in [0, 0.1) is 13.8 Å². The minimum absolute atomic E-state index is 0.139. The van der Waals surface area contributed by atoms with Gasteiger partial charge in [0.25, 0.3) is 5.91 Å². The smallest absolute Gasteiger partial charge is 0.340 e. The van der Waals surface area contributed by atoms with Gasteiger partial charge in [0, 0.05) is 11.1 Å². The minimum Gasteiger partial charge on any atom is -0.493 e. The Labute approximate surface area is 192 Å². The van der Waals surface area contributed by atoms with Gasteiger partial charge in [-0.25, -0.2) is 4.79 Å². The molecule has 0 saturated heterocycles. The van der Waals surface area contributed by atoms with Crippen LogP contribution < -0.4 is 14.8 Å². The van der Waals surface area contributed by atoms with Gasteiger partial charge in [0.15, 0.2) is 18.1 Å². The average molecular weight is 447 g/mol. The number of hydrogen-bond donors (Lipinski definition) is 1. The van der Waals surface area contributed by atoms with Crippen LogP contribution in [0.1, 0.15) is 42.2 Å². The van der Waals surface area contributed by atoms with Crippen LogP contribution in [0.5, 0.6) is 11.5 Å². The van der Waals surface area contributed by atoms with Crippen LogP contribution in [-0.4, -0.2) is 38.5 Å². The monoisotopic (exact) mass is 447 g/mol. The van der Waals surface area contributed by atoms with Gasteiger partial charge in [0.2, 0.25) is 5.78 Å². The van der Waals surface area contributed by atoms with Crippen LogP contribution in [0.3, 0.4) is 0 Å². The van der Waals surface area contributed by atoms with E-state index in [1.54, 1.807) is 36.4 Å². The van der Waals surface area contributed by atoms with Gasteiger partial charge >= 0.3 is 5.97 Å². The highest BCUT2D eigenvalue weighted by Crippen LogP contribution is 2.28. The standard InChI is InChI=1S/C26H25NO6/c1-16-9-10-17(2)20(13-16)22(28)15-33-26(30)19-7-5-6-8-21(19)27-25(29)18-11-12-23(31-3)24(14-18)32-4/h5-14H,15H2,1-4H3,(H,27,29). The first kappa shape index (κ1) is 23.5. The fraction of sp³-hybridized carbons (Fsp3) is 0.192. The second kappa shape index (κ2) is 10.5. The maximum absolute atomic E-state index is 12.8. The highest BCUT2D eigenvalue weighted by molar-refractivity contribution is 6.08. The van der Waals surface area contributed by atoms with E-state index in [0.717, 1.165) is 11.1 Å². The van der Waals surface area contributed by atoms with Crippen molar-refractivity contribution in [2.75, 3.05) is 26.1 Å². The molecule has 0 fully saturated rings. The molecule has 0 atom stereocenters. The van der Waals surface area contributed by atoms with E-state index < -0.39 is 18.5 Å². The van der Waals surface area contributed by atoms with Crippen molar-refractivity contribution in [1.82, 2.24) is 0 Å². The van der Waals surface area contributed by atoms with Crippen LogP contribution in [0.15, 0.2) is 60.7 Å². The van der Waals surface area contributed by atoms with Crippen molar-refractivity contribution in [3.63, 3.8) is 0 Å². The van der Waals surface area contributed by atoms with Crippen LogP contribution in [0.25, 0.3) is 0 Å². The van der Waals surface area contributed by atoms with E-state index in [1.807, 2.05) is 26.0 Å². The van der Waals surface area contributed by atoms with Gasteiger partial charge in [-0.2, -0.15) is 0 Å². The van der Waals surface area contributed by atoms with E-state index in [0.29, 0.717) is 22.6 Å². The normalized spacial score (nSPS) is 10.3. The summed E-state index contributed by atoms with van der Waals surface area (Å²) in [6, 6.07) is 16.7. The number of carbonyl (C=O) groups excluding carboxylic acids is 3. The summed E-state index contributed by atoms with van der Waals surface area (Å²) >= 11 is 0. The molecule has 0 aromatic heterocycles. The van der Waals surface area contributed by atoms with Crippen LogP contribution in [-0.2, 0) is 4.74 Å². The van der Waals surface area contributed by atoms with Crippen molar-refractivity contribution in [3.05, 3.63) is 88.5 Å². The summed E-state index contributed by atoms with van der Waals surface area (Å²) in [7, 11) is 2.98. The number of methoxy groups -OCH3 is 2. The van der Waals surface area contributed by atoms with Gasteiger partial charge in [-0.15, -0.1) is 0 Å². The molecule has 0 unspecified atom stereocenters. The molecule has 0 spiro atoms. The van der Waals surface area contributed by atoms with Crippen LogP contribution in [0.2, 0.25) is 0 Å². The van der Waals surface area contributed by atoms with E-state index in [2.05, 4.69) is 5.32 Å². The summed E-state index contributed by atoms with van der Waals surface area (Å²) < 4.78 is 15.7. The minimum atomic E-state index is -0.711. The number of aryl methyl sites for hydroxylation is 2. The number of nitrogens with one attached hydrogen (secondary N) is 1. The Morgan fingerprint density at radius 3 is 2.27 bits per heavy atom. The fourth-order valence-electron chi connectivity index (χ4n) is 3.26. The quantitative estimate of drug-likeness (QED) is 0.401. The third-order valence-electron chi connectivity index (χ3n) is 5.07. The Morgan fingerprint density at radius 2 is 1.55 bits per heavy atom. The fourth-order valence-corrected chi connectivity index (χ4v) is 3.26. The molecule has 0 aliphatic heterocycles. The number of amides is 1. The summed E-state index contributed by atoms with van der Waals surface area (Å²) in [6.07, 6.45) is 0. The zero-order valence-corrected chi connectivity index (χ0v) is 18.9. The molecule has 0 bridgehead atoms. The second-order valence-electron chi connectivity index (χ2n) is 7.39. The highest BCUT2D eigenvalue weighted by atomic mass is 16.5. The van der Waals surface area contributed by atoms with Crippen molar-refractivity contribution in [2.45, 2.75) is 13.8 Å². The Balaban J connectivity index is 1.73. The molecule has 0 radical (unpaired) electrons. The van der Waals surface area contributed by atoms with E-state index in [4.69, 9.17) is 14.2 Å². The third kappa shape index (κ3) is 5.57. The molecule has 3 rings (SSSR count). The van der Waals surface area contributed by atoms with Gasteiger partial charge < -0.3 is 19.5 Å². The molecule has 3 aromatic rings. The molecule has 0 aliphatic rings. The summed E-state index contributed by atoms with van der Waals surface area (Å²) in [5.41, 5.74) is 2.99. The molecule has 3 aromatic carbocycles. The van der Waals surface area contributed by atoms with Crippen molar-refractivity contribution in [2.24, 2.45) is 0 Å². The zero-order valence-electron chi connectivity index (χ0n) is 18.9. The molecular weight excluding hydrogens is 422 g/mol. The van der Waals surface area contributed by atoms with Gasteiger partial charge in [-0.1, -0.05) is 29.8 Å². The average Bonchev–Trinajstić information content (AvgIpc) is 2.83. The highest BCUT2D eigenvalue weighted by Gasteiger charge is 2.18. The number of esters is 1. The van der Waals surface area contributed by atoms with Crippen molar-refractivity contribution >= 4 is 23.3 Å². The maximum Gasteiger partial charge on any atom is 0.340 e. The lowest BCUT2D eigenvalue weighted by Gasteiger charge is -2.13. The van der Waals surface area contributed by atoms with Crippen LogP contribution >= 0.6 is 0 Å². The Morgan fingerprint density at radius 1 is 0.818 bits per heavy atom. The topological polar surface area (TPSA) is 90.9 Å². The van der Waals surface area contributed by atoms with E-state index >= 15 is 0 Å². The van der Waals surface area contributed by atoms with Crippen molar-refractivity contribution in [1.29, 1.82) is 0 Å². The molecule has 7 heteroatoms. The van der Waals surface area contributed by atoms with Crippen molar-refractivity contribution < 1.29 is 28.6 Å². The Bertz CT molecular complexity index is 1200. The van der Waals surface area contributed by atoms with Crippen molar-refractivity contribution in [3.8, 4) is 11.5 Å². The lowest BCUT2D eigenvalue weighted by atomic mass is 10.0. The number of benzene rings is 3. The predicted octanol–water partition coefficient (Wildman–Crippen LogP) is 4.61. The first-order valence-electron chi connectivity index (χ1n) is 10.2. The second-order valence-corrected chi connectivity index (χ2v) is 7.39. The molecular formula is C26H25NO6. The van der Waals surface area contributed by atoms with Gasteiger partial charge in [-0.3, -0.25) is 9.59 Å². The van der Waals surface area contributed by atoms with E-state index in [1.165, 1.54) is 26.4 Å². The van der Waals surface area contributed by atoms with Gasteiger partial charge in [0.1, 0.15) is 0 Å². The number of hydrogen-bond acceptors (Lipinski definition) is 6. The number of rotatable bonds is 8. The van der Waals surface area contributed by atoms with E-state index in [-0.39, 0.29) is 17.0 Å². The maximum atomic E-state index is 12.8. The largest absolute Gasteiger partial charge is 0.493 e. The molecule has 7 nitrogen and oxygen atoms in total. The summed E-state index contributed by atoms with van der Waals surface area (Å²) in [4.78, 5) is 38.0. The number of ketones is 1. The van der Waals surface area contributed by atoms with E-state index in [9.17, 15) is 14.4 Å². The molecule has 1 N–H and O–H groups in total. The third-order valence-corrected chi connectivity index (χ3v) is 5.07. The van der Waals surface area contributed by atoms with Gasteiger partial charge in [0.05, 0.1) is 25.5 Å². The number of Topliss-reactive ketones (excluding diaryl/α,β-unsaturated/α-hetero) is 1. The van der Waals surface area contributed by atoms with Gasteiger partial charge in [-0.05, 0) is 55.8 Å². The molecule has 33 heavy (non-hydrogen) atoms. The Hall–Kier alpha value is -4.13. The predicted molar refractivity (Wildman–Crippen MR) is 124 cm³/mol. The summed E-state index contributed by atoms with van der Waals surface area (Å²) in [5.74, 6) is -0.551. The van der Waals surface area contributed by atoms with Crippen LogP contribution in [0.4, 0.5) is 5.69 Å². The SMILES string of the molecule is COc1ccc(C(=O)Nc2ccccc2C(=O)OCC(=O)c2cc(C)ccc2C)cc1OC. The summed E-state index contributed by atoms with van der Waals surface area (Å²) in [5, 5.41) is 2.71. The zero-order chi connectivity index (χ0) is 24.0. The molecule has 0 heterocycles. The Kier molecular flexibility index (Phi) is 7.46. The molecule has 0 saturated carbocycles. The summed E-state index contributed by atoms with van der Waals surface area (Å²) in [6.45, 7) is 3.31. The lowest BCUT2D eigenvalue weighted by Crippen LogP contribution is -2.18. The molecule has 0 aliphatic carbocycles. The number of ether oxygens (including phenoxy) is 3. The number of carbonyl (C=O) groups is 3. The molecule has 170 valence electrons. The first-order valence-corrected chi connectivity index (χ1v) is 10.2.